The van der Waals surface area contributed by atoms with Crippen molar-refractivity contribution in [3.05, 3.63) is 60.8 Å². The Labute approximate surface area is 236 Å². The summed E-state index contributed by atoms with van der Waals surface area (Å²) < 4.78 is 64.2. The summed E-state index contributed by atoms with van der Waals surface area (Å²) in [5.41, 5.74) is 0.433. The van der Waals surface area contributed by atoms with Crippen LogP contribution in [0.5, 0.6) is 5.75 Å². The number of piperidine rings is 1. The average Bonchev–Trinajstić information content (AvgIpc) is 3.37. The van der Waals surface area contributed by atoms with Gasteiger partial charge in [0.2, 0.25) is 10.0 Å². The van der Waals surface area contributed by atoms with E-state index in [0.29, 0.717) is 44.7 Å². The van der Waals surface area contributed by atoms with Gasteiger partial charge in [-0.2, -0.15) is 4.31 Å². The first-order valence-corrected chi connectivity index (χ1v) is 16.8. The highest BCUT2D eigenvalue weighted by Crippen LogP contribution is 2.41. The van der Waals surface area contributed by atoms with Crippen molar-refractivity contribution in [3.8, 4) is 5.75 Å². The Balaban J connectivity index is 1.09. The van der Waals surface area contributed by atoms with Gasteiger partial charge in [0.15, 0.2) is 9.84 Å². The van der Waals surface area contributed by atoms with Crippen LogP contribution in [0.1, 0.15) is 39.0 Å². The summed E-state index contributed by atoms with van der Waals surface area (Å²) in [7, 11) is -6.97. The van der Waals surface area contributed by atoms with Crippen LogP contribution < -0.4 is 4.74 Å². The molecular weight excluding hydrogens is 552 g/mol. The fourth-order valence-corrected chi connectivity index (χ4v) is 7.91. The Kier molecular flexibility index (Phi) is 8.49. The van der Waals surface area contributed by atoms with Crippen LogP contribution in [-0.4, -0.2) is 75.0 Å². The minimum Gasteiger partial charge on any atom is -0.491 e. The van der Waals surface area contributed by atoms with E-state index in [1.165, 1.54) is 16.6 Å². The number of benzene rings is 2. The third kappa shape index (κ3) is 6.33. The lowest BCUT2D eigenvalue weighted by Crippen LogP contribution is -2.46. The minimum atomic E-state index is -3.64. The van der Waals surface area contributed by atoms with Crippen molar-refractivity contribution < 1.29 is 31.4 Å². The second kappa shape index (κ2) is 11.7. The smallest absolute Gasteiger partial charge is 0.244 e. The molecule has 0 aliphatic carbocycles. The first kappa shape index (κ1) is 28.9. The lowest BCUT2D eigenvalue weighted by Gasteiger charge is -2.38. The Morgan fingerprint density at radius 1 is 1.07 bits per heavy atom. The third-order valence-corrected chi connectivity index (χ3v) is 11.6. The molecule has 216 valence electrons. The fraction of sp³-hybridized carbons (Fsp3) is 0.483. The van der Waals surface area contributed by atoms with Crippen LogP contribution in [0.2, 0.25) is 0 Å². The highest BCUT2D eigenvalue weighted by molar-refractivity contribution is 7.91. The van der Waals surface area contributed by atoms with E-state index in [2.05, 4.69) is 4.98 Å². The molecule has 9 nitrogen and oxygen atoms in total. The van der Waals surface area contributed by atoms with E-state index < -0.39 is 26.0 Å². The molecule has 2 aromatic carbocycles. The van der Waals surface area contributed by atoms with Gasteiger partial charge in [0.25, 0.3) is 0 Å². The number of sulfone groups is 1. The number of ether oxygens (including phenoxy) is 2. The molecule has 2 atom stereocenters. The number of rotatable bonds is 10. The number of aliphatic hydroxyl groups excluding tert-OH is 1. The zero-order valence-electron chi connectivity index (χ0n) is 22.6. The largest absolute Gasteiger partial charge is 0.491 e. The number of aromatic nitrogens is 1. The molecule has 0 saturated carbocycles. The molecule has 5 rings (SSSR count). The monoisotopic (exact) mass is 588 g/mol. The van der Waals surface area contributed by atoms with Gasteiger partial charge in [-0.15, -0.1) is 0 Å². The van der Waals surface area contributed by atoms with Gasteiger partial charge in [-0.1, -0.05) is 31.2 Å². The Morgan fingerprint density at radius 3 is 2.62 bits per heavy atom. The number of fused-ring (bicyclic) bond motifs is 1. The predicted molar refractivity (Wildman–Crippen MR) is 151 cm³/mol. The summed E-state index contributed by atoms with van der Waals surface area (Å²) in [6.45, 7) is 3.05. The first-order valence-electron chi connectivity index (χ1n) is 13.7. The van der Waals surface area contributed by atoms with Crippen LogP contribution in [0.15, 0.2) is 70.6 Å². The van der Waals surface area contributed by atoms with Crippen molar-refractivity contribution in [1.29, 1.82) is 0 Å². The quantitative estimate of drug-likeness (QED) is 0.379. The molecule has 1 spiro atoms. The van der Waals surface area contributed by atoms with Crippen LogP contribution in [0, 0.1) is 5.92 Å². The Morgan fingerprint density at radius 2 is 1.85 bits per heavy atom. The summed E-state index contributed by atoms with van der Waals surface area (Å²) in [5, 5.41) is 11.3. The fourth-order valence-electron chi connectivity index (χ4n) is 5.58. The van der Waals surface area contributed by atoms with Gasteiger partial charge in [0.1, 0.15) is 17.3 Å². The number of para-hydroxylation sites is 1. The molecule has 0 unspecified atom stereocenters. The van der Waals surface area contributed by atoms with Gasteiger partial charge < -0.3 is 14.6 Å². The molecule has 3 aromatic rings. The van der Waals surface area contributed by atoms with Gasteiger partial charge in [-0.3, -0.25) is 4.98 Å². The van der Waals surface area contributed by atoms with Crippen LogP contribution in [-0.2, 0) is 24.6 Å². The number of aliphatic hydroxyl groups is 1. The van der Waals surface area contributed by atoms with E-state index in [0.717, 1.165) is 23.7 Å². The maximum atomic E-state index is 13.3. The van der Waals surface area contributed by atoms with Crippen LogP contribution in [0.3, 0.4) is 0 Å². The molecular formula is C29H36N2O7S2. The van der Waals surface area contributed by atoms with Crippen molar-refractivity contribution >= 4 is 30.8 Å². The lowest BCUT2D eigenvalue weighted by molar-refractivity contribution is -0.0314. The van der Waals surface area contributed by atoms with Crippen molar-refractivity contribution in [2.24, 2.45) is 5.92 Å². The summed E-state index contributed by atoms with van der Waals surface area (Å²) in [5.74, 6) is 0.707. The highest BCUT2D eigenvalue weighted by Gasteiger charge is 2.44. The van der Waals surface area contributed by atoms with E-state index >= 15 is 0 Å². The average molecular weight is 589 g/mol. The topological polar surface area (TPSA) is 123 Å². The van der Waals surface area contributed by atoms with Gasteiger partial charge in [-0.25, -0.2) is 16.8 Å². The number of sulfonamides is 1. The summed E-state index contributed by atoms with van der Waals surface area (Å²) in [6, 6.07) is 15.5. The standard InChI is InChI=1S/C29H36N2O7S2/c1-2-39(33,34)26-8-5-7-25(17-26)37-21-24(32)11-10-22-18-29(38-20-22)12-14-31(15-13-29)40(35,36)27-16-23-6-3-4-9-28(23)30-19-27/h3-9,16-17,19,22,24,32H,2,10-15,18,20-21H2,1H3/t22-,24+/m1/s1. The van der Waals surface area contributed by atoms with Gasteiger partial charge >= 0.3 is 0 Å². The van der Waals surface area contributed by atoms with E-state index in [1.807, 2.05) is 24.3 Å². The highest BCUT2D eigenvalue weighted by atomic mass is 32.2. The van der Waals surface area contributed by atoms with E-state index in [1.54, 1.807) is 31.2 Å². The zero-order valence-corrected chi connectivity index (χ0v) is 24.2. The number of hydrogen-bond acceptors (Lipinski definition) is 8. The van der Waals surface area contributed by atoms with E-state index in [4.69, 9.17) is 9.47 Å². The Hall–Kier alpha value is -2.57. The molecule has 11 heteroatoms. The molecule has 1 N–H and O–H groups in total. The van der Waals surface area contributed by atoms with E-state index in [-0.39, 0.29) is 33.7 Å². The molecule has 0 radical (unpaired) electrons. The Bertz CT molecular complexity index is 1550. The van der Waals surface area contributed by atoms with Gasteiger partial charge in [0, 0.05) is 24.7 Å². The van der Waals surface area contributed by atoms with Crippen LogP contribution in [0.25, 0.3) is 10.9 Å². The number of nitrogens with zero attached hydrogens (tertiary/aromatic N) is 2. The molecule has 2 aliphatic rings. The van der Waals surface area contributed by atoms with Crippen LogP contribution >= 0.6 is 0 Å². The molecule has 2 fully saturated rings. The first-order chi connectivity index (χ1) is 19.1. The summed E-state index contributed by atoms with van der Waals surface area (Å²) in [4.78, 5) is 4.74. The second-order valence-corrected chi connectivity index (χ2v) is 15.0. The SMILES string of the molecule is CCS(=O)(=O)c1cccc(OC[C@@H](O)CC[C@H]2COC3(CCN(S(=O)(=O)c4cnc5ccccc5c4)CC3)C2)c1. The molecule has 0 amide bonds. The summed E-state index contributed by atoms with van der Waals surface area (Å²) >= 11 is 0. The predicted octanol–water partition coefficient (Wildman–Crippen LogP) is 3.81. The summed E-state index contributed by atoms with van der Waals surface area (Å²) in [6.07, 6.45) is 4.14. The number of pyridine rings is 1. The second-order valence-electron chi connectivity index (χ2n) is 10.8. The molecule has 0 bridgehead atoms. The van der Waals surface area contributed by atoms with Crippen molar-refractivity contribution in [2.75, 3.05) is 32.1 Å². The third-order valence-electron chi connectivity index (χ3n) is 8.02. The van der Waals surface area contributed by atoms with Gasteiger partial charge in [0.05, 0.1) is 34.5 Å². The maximum absolute atomic E-state index is 13.3. The number of hydrogen-bond donors (Lipinski definition) is 1. The van der Waals surface area contributed by atoms with Crippen LogP contribution in [0.4, 0.5) is 0 Å². The van der Waals surface area contributed by atoms with Crippen molar-refractivity contribution in [1.82, 2.24) is 9.29 Å². The normalized spacial score (nSPS) is 20.6. The molecule has 40 heavy (non-hydrogen) atoms. The molecule has 3 heterocycles. The lowest BCUT2D eigenvalue weighted by atomic mass is 9.84. The maximum Gasteiger partial charge on any atom is 0.244 e. The van der Waals surface area contributed by atoms with Gasteiger partial charge in [-0.05, 0) is 68.4 Å². The van der Waals surface area contributed by atoms with Crippen molar-refractivity contribution in [3.63, 3.8) is 0 Å². The molecule has 2 saturated heterocycles. The van der Waals surface area contributed by atoms with Crippen molar-refractivity contribution in [2.45, 2.75) is 60.5 Å². The zero-order chi connectivity index (χ0) is 28.4. The van der Waals surface area contributed by atoms with E-state index in [9.17, 15) is 21.9 Å². The minimum absolute atomic E-state index is 0.0137. The molecule has 1 aromatic heterocycles. The molecule has 2 aliphatic heterocycles.